The number of hydrogen-bond acceptors (Lipinski definition) is 4. The predicted molar refractivity (Wildman–Crippen MR) is 149 cm³/mol. The lowest BCUT2D eigenvalue weighted by Gasteiger charge is -2.30. The molecule has 0 saturated carbocycles. The van der Waals surface area contributed by atoms with Crippen molar-refractivity contribution in [2.75, 3.05) is 19.7 Å². The third kappa shape index (κ3) is 5.31. The number of allylic oxidation sites excluding steroid dienone is 2. The van der Waals surface area contributed by atoms with E-state index < -0.39 is 15.7 Å². The van der Waals surface area contributed by atoms with Gasteiger partial charge in [0.1, 0.15) is 16.7 Å². The van der Waals surface area contributed by atoms with Crippen LogP contribution in [0.3, 0.4) is 0 Å². The zero-order chi connectivity index (χ0) is 26.2. The zero-order valence-electron chi connectivity index (χ0n) is 22.3. The quantitative estimate of drug-likeness (QED) is 0.534. The van der Waals surface area contributed by atoms with Crippen molar-refractivity contribution in [2.24, 2.45) is 0 Å². The molecular formula is C30H39N3O3S. The number of pyridine rings is 1. The number of benzene rings is 1. The number of hydrogen-bond donors (Lipinski definition) is 1. The van der Waals surface area contributed by atoms with E-state index in [1.54, 1.807) is 0 Å². The Kier molecular flexibility index (Phi) is 7.66. The number of piperidine rings is 1. The number of nitrogens with zero attached hydrogens (tertiary/aromatic N) is 3. The molecule has 5 rings (SSSR count). The minimum absolute atomic E-state index is 0.0111. The maximum Gasteiger partial charge on any atom is 0.272 e. The van der Waals surface area contributed by atoms with Crippen molar-refractivity contribution >= 4 is 22.5 Å². The topological polar surface area (TPSA) is 73.7 Å². The minimum atomic E-state index is -1.27. The van der Waals surface area contributed by atoms with Gasteiger partial charge in [-0.25, -0.2) is 13.5 Å². The minimum Gasteiger partial charge on any atom is -0.396 e. The van der Waals surface area contributed by atoms with E-state index >= 15 is 0 Å². The lowest BCUT2D eigenvalue weighted by Crippen LogP contribution is -2.36. The second kappa shape index (κ2) is 10.8. The molecule has 1 saturated heterocycles. The van der Waals surface area contributed by atoms with Gasteiger partial charge in [0.05, 0.1) is 16.5 Å². The summed E-state index contributed by atoms with van der Waals surface area (Å²) in [6.07, 6.45) is 9.36. The number of aliphatic hydroxyl groups excluding tert-OH is 1. The SMILES string of the molecule is CC(C)(C)[S@](=O)N1Cc2cc(C(=O)N3CCCCC3)nc(-c3cccc(C4=CCCC4)c3)c2[C@@H]1CCO. The van der Waals surface area contributed by atoms with Crippen LogP contribution in [0, 0.1) is 0 Å². The molecule has 2 aromatic rings. The van der Waals surface area contributed by atoms with Gasteiger partial charge < -0.3 is 10.0 Å². The molecule has 37 heavy (non-hydrogen) atoms. The monoisotopic (exact) mass is 521 g/mol. The van der Waals surface area contributed by atoms with Crippen LogP contribution in [-0.4, -0.2) is 53.9 Å². The van der Waals surface area contributed by atoms with Crippen LogP contribution in [0.5, 0.6) is 0 Å². The summed E-state index contributed by atoms with van der Waals surface area (Å²) in [4.78, 5) is 20.5. The molecule has 0 spiro atoms. The molecule has 1 N–H and O–H groups in total. The fourth-order valence-corrected chi connectivity index (χ4v) is 7.26. The van der Waals surface area contributed by atoms with Crippen LogP contribution in [0.1, 0.15) is 98.9 Å². The Morgan fingerprint density at radius 3 is 2.54 bits per heavy atom. The molecule has 1 aromatic heterocycles. The summed E-state index contributed by atoms with van der Waals surface area (Å²) >= 11 is 0. The van der Waals surface area contributed by atoms with Crippen molar-refractivity contribution in [1.82, 2.24) is 14.2 Å². The van der Waals surface area contributed by atoms with Crippen LogP contribution in [0.2, 0.25) is 0 Å². The number of amides is 1. The first kappa shape index (κ1) is 26.3. The highest BCUT2D eigenvalue weighted by atomic mass is 32.2. The van der Waals surface area contributed by atoms with Gasteiger partial charge in [-0.3, -0.25) is 4.79 Å². The summed E-state index contributed by atoms with van der Waals surface area (Å²) < 4.78 is 15.2. The van der Waals surface area contributed by atoms with Crippen LogP contribution < -0.4 is 0 Å². The number of carbonyl (C=O) groups is 1. The van der Waals surface area contributed by atoms with E-state index in [2.05, 4.69) is 30.3 Å². The van der Waals surface area contributed by atoms with E-state index in [9.17, 15) is 14.1 Å². The number of aliphatic hydroxyl groups is 1. The van der Waals surface area contributed by atoms with E-state index in [1.165, 1.54) is 17.6 Å². The number of likely N-dealkylation sites (tertiary alicyclic amines) is 1. The summed E-state index contributed by atoms with van der Waals surface area (Å²) in [6, 6.07) is 10.2. The van der Waals surface area contributed by atoms with Gasteiger partial charge in [0.2, 0.25) is 0 Å². The van der Waals surface area contributed by atoms with Gasteiger partial charge in [-0.2, -0.15) is 0 Å². The van der Waals surface area contributed by atoms with Crippen molar-refractivity contribution in [3.05, 3.63) is 58.8 Å². The predicted octanol–water partition coefficient (Wildman–Crippen LogP) is 5.64. The summed E-state index contributed by atoms with van der Waals surface area (Å²) in [6.45, 7) is 7.93. The Bertz CT molecular complexity index is 1230. The Morgan fingerprint density at radius 2 is 1.86 bits per heavy atom. The fourth-order valence-electron chi connectivity index (χ4n) is 5.86. The van der Waals surface area contributed by atoms with Crippen LogP contribution in [-0.2, 0) is 17.5 Å². The van der Waals surface area contributed by atoms with Crippen molar-refractivity contribution in [3.8, 4) is 11.3 Å². The molecule has 2 atom stereocenters. The fraction of sp³-hybridized carbons (Fsp3) is 0.533. The Morgan fingerprint density at radius 1 is 1.11 bits per heavy atom. The summed E-state index contributed by atoms with van der Waals surface area (Å²) in [5.41, 5.74) is 6.77. The molecule has 0 radical (unpaired) electrons. The largest absolute Gasteiger partial charge is 0.396 e. The maximum atomic E-state index is 13.6. The number of carbonyl (C=O) groups excluding carboxylic acids is 1. The third-order valence-corrected chi connectivity index (χ3v) is 9.56. The normalized spacial score (nSPS) is 21.1. The van der Waals surface area contributed by atoms with Crippen molar-refractivity contribution in [1.29, 1.82) is 0 Å². The molecule has 1 fully saturated rings. The molecule has 7 heteroatoms. The molecule has 2 aliphatic heterocycles. The van der Waals surface area contributed by atoms with E-state index in [4.69, 9.17) is 4.98 Å². The second-order valence-corrected chi connectivity index (χ2v) is 13.6. The lowest BCUT2D eigenvalue weighted by molar-refractivity contribution is 0.0718. The van der Waals surface area contributed by atoms with E-state index in [-0.39, 0.29) is 18.6 Å². The van der Waals surface area contributed by atoms with Crippen LogP contribution in [0.25, 0.3) is 16.8 Å². The standard InChI is InChI=1S/C30H39N3O3S/c1-30(2,3)37(36)33-20-24-19-25(29(35)32-15-7-4-8-16-32)31-28(27(24)26(33)14-17-34)23-13-9-12-22(18-23)21-10-5-6-11-21/h9-10,12-13,18-19,26,34H,4-8,11,14-17,20H2,1-3H3/t26-,37-/m0/s1. The van der Waals surface area contributed by atoms with Crippen molar-refractivity contribution in [3.63, 3.8) is 0 Å². The van der Waals surface area contributed by atoms with Crippen LogP contribution in [0.15, 0.2) is 36.4 Å². The molecule has 1 aliphatic carbocycles. The van der Waals surface area contributed by atoms with E-state index in [0.29, 0.717) is 18.7 Å². The molecule has 3 heterocycles. The van der Waals surface area contributed by atoms with Gasteiger partial charge in [-0.15, -0.1) is 0 Å². The molecule has 0 bridgehead atoms. The van der Waals surface area contributed by atoms with Gasteiger partial charge in [-0.05, 0) is 94.5 Å². The van der Waals surface area contributed by atoms with Crippen molar-refractivity contribution < 1.29 is 14.1 Å². The number of rotatable bonds is 6. The highest BCUT2D eigenvalue weighted by molar-refractivity contribution is 7.84. The van der Waals surface area contributed by atoms with Gasteiger partial charge >= 0.3 is 0 Å². The summed E-state index contributed by atoms with van der Waals surface area (Å²) in [5.74, 6) is -0.0208. The van der Waals surface area contributed by atoms with E-state index in [1.807, 2.05) is 36.0 Å². The second-order valence-electron chi connectivity index (χ2n) is 11.4. The smallest absolute Gasteiger partial charge is 0.272 e. The average Bonchev–Trinajstić information content (AvgIpc) is 3.56. The molecule has 3 aliphatic rings. The van der Waals surface area contributed by atoms with Gasteiger partial charge in [0.15, 0.2) is 0 Å². The zero-order valence-corrected chi connectivity index (χ0v) is 23.1. The maximum absolute atomic E-state index is 13.6. The number of aromatic nitrogens is 1. The Hall–Kier alpha value is -2.35. The molecule has 0 unspecified atom stereocenters. The average molecular weight is 522 g/mol. The molecular weight excluding hydrogens is 482 g/mol. The molecule has 1 amide bonds. The Balaban J connectivity index is 1.64. The van der Waals surface area contributed by atoms with Gasteiger partial charge in [-0.1, -0.05) is 24.3 Å². The van der Waals surface area contributed by atoms with Crippen molar-refractivity contribution in [2.45, 2.75) is 83.1 Å². The molecule has 1 aromatic carbocycles. The summed E-state index contributed by atoms with van der Waals surface area (Å²) in [5, 5.41) is 10.0. The first-order chi connectivity index (χ1) is 17.8. The van der Waals surface area contributed by atoms with E-state index in [0.717, 1.165) is 67.6 Å². The highest BCUT2D eigenvalue weighted by Gasteiger charge is 2.40. The highest BCUT2D eigenvalue weighted by Crippen LogP contribution is 2.44. The van der Waals surface area contributed by atoms with Gasteiger partial charge in [0.25, 0.3) is 5.91 Å². The van der Waals surface area contributed by atoms with Crippen LogP contribution in [0.4, 0.5) is 0 Å². The molecule has 198 valence electrons. The lowest BCUT2D eigenvalue weighted by atomic mass is 9.93. The number of fused-ring (bicyclic) bond motifs is 1. The first-order valence-corrected chi connectivity index (χ1v) is 14.8. The summed E-state index contributed by atoms with van der Waals surface area (Å²) in [7, 11) is -1.27. The van der Waals surface area contributed by atoms with Crippen LogP contribution >= 0.6 is 0 Å². The van der Waals surface area contributed by atoms with Gasteiger partial charge in [0, 0.05) is 37.4 Å². The Labute approximate surface area is 223 Å². The molecule has 6 nitrogen and oxygen atoms in total. The first-order valence-electron chi connectivity index (χ1n) is 13.7. The third-order valence-electron chi connectivity index (χ3n) is 7.70.